The number of benzene rings is 3. The van der Waals surface area contributed by atoms with E-state index in [1.54, 1.807) is 42.5 Å². The van der Waals surface area contributed by atoms with Crippen LogP contribution in [-0.4, -0.2) is 16.1 Å². The highest BCUT2D eigenvalue weighted by Gasteiger charge is 2.67. The van der Waals surface area contributed by atoms with Crippen LogP contribution in [0.3, 0.4) is 0 Å². The second-order valence-electron chi connectivity index (χ2n) is 7.77. The summed E-state index contributed by atoms with van der Waals surface area (Å²) in [5, 5.41) is 15.7. The molecule has 0 heterocycles. The molecule has 0 aliphatic heterocycles. The van der Waals surface area contributed by atoms with Crippen LogP contribution >= 0.6 is 73.9 Å². The van der Waals surface area contributed by atoms with Gasteiger partial charge in [0.1, 0.15) is 10.4 Å². The zero-order valence-electron chi connectivity index (χ0n) is 17.4. The summed E-state index contributed by atoms with van der Waals surface area (Å²) >= 11 is 34.5. The third-order valence-corrected chi connectivity index (χ3v) is 7.61. The summed E-state index contributed by atoms with van der Waals surface area (Å²) in [6, 6.07) is 16.2. The van der Waals surface area contributed by atoms with Gasteiger partial charge >= 0.3 is 0 Å². The van der Waals surface area contributed by atoms with Gasteiger partial charge in [-0.2, -0.15) is 5.26 Å². The molecule has 5 nitrogen and oxygen atoms in total. The van der Waals surface area contributed by atoms with E-state index in [0.29, 0.717) is 31.5 Å². The van der Waals surface area contributed by atoms with Crippen LogP contribution in [0.2, 0.25) is 15.1 Å². The van der Waals surface area contributed by atoms with Gasteiger partial charge in [0.15, 0.2) is 0 Å². The lowest BCUT2D eigenvalue weighted by molar-refractivity contribution is -0.117. The zero-order chi connectivity index (χ0) is 25.5. The smallest absolute Gasteiger partial charge is 0.257 e. The number of anilines is 2. The molecule has 0 radical (unpaired) electrons. The van der Waals surface area contributed by atoms with Crippen LogP contribution in [0.1, 0.15) is 27.4 Å². The average molecular weight is 633 g/mol. The highest BCUT2D eigenvalue weighted by Crippen LogP contribution is 2.65. The fourth-order valence-electron chi connectivity index (χ4n) is 3.73. The SMILES string of the molecule is N#Cc1ccc(Br)cc1NC(=O)c1cc(NC(=O)C2C(c3cc(Cl)cc(Cl)c3)C2(Cl)Cl)ccc1Cl. The third-order valence-electron chi connectivity index (χ3n) is 5.41. The first-order valence-electron chi connectivity index (χ1n) is 9.96. The summed E-state index contributed by atoms with van der Waals surface area (Å²) in [6.07, 6.45) is 0. The van der Waals surface area contributed by atoms with Gasteiger partial charge in [-0.05, 0) is 60.2 Å². The lowest BCUT2D eigenvalue weighted by Crippen LogP contribution is -2.18. The van der Waals surface area contributed by atoms with Crippen molar-refractivity contribution in [1.82, 2.24) is 0 Å². The number of amides is 2. The Labute approximate surface area is 234 Å². The number of nitrogens with zero attached hydrogens (tertiary/aromatic N) is 1. The van der Waals surface area contributed by atoms with Gasteiger partial charge in [0.05, 0.1) is 27.8 Å². The maximum atomic E-state index is 13.0. The molecule has 2 amide bonds. The minimum Gasteiger partial charge on any atom is -0.326 e. The Bertz CT molecular complexity index is 1390. The lowest BCUT2D eigenvalue weighted by atomic mass is 10.1. The van der Waals surface area contributed by atoms with Crippen LogP contribution in [0.25, 0.3) is 0 Å². The van der Waals surface area contributed by atoms with Gasteiger partial charge in [0.2, 0.25) is 5.91 Å². The molecule has 1 fully saturated rings. The van der Waals surface area contributed by atoms with E-state index < -0.39 is 28.0 Å². The van der Waals surface area contributed by atoms with E-state index in [9.17, 15) is 14.9 Å². The largest absolute Gasteiger partial charge is 0.326 e. The Morgan fingerprint density at radius 1 is 0.943 bits per heavy atom. The minimum atomic E-state index is -1.35. The van der Waals surface area contributed by atoms with E-state index >= 15 is 0 Å². The second-order valence-corrected chi connectivity index (χ2v) is 11.4. The van der Waals surface area contributed by atoms with Gasteiger partial charge in [-0.25, -0.2) is 0 Å². The number of hydrogen-bond acceptors (Lipinski definition) is 3. The number of alkyl halides is 2. The maximum Gasteiger partial charge on any atom is 0.257 e. The molecule has 0 aromatic heterocycles. The van der Waals surface area contributed by atoms with Crippen LogP contribution in [0.5, 0.6) is 0 Å². The molecule has 3 aromatic carbocycles. The molecule has 4 rings (SSSR count). The summed E-state index contributed by atoms with van der Waals surface area (Å²) in [6.45, 7) is 0. The van der Waals surface area contributed by atoms with Gasteiger partial charge in [0, 0.05) is 26.1 Å². The Hall–Kier alpha value is -1.98. The van der Waals surface area contributed by atoms with E-state index in [4.69, 9.17) is 58.0 Å². The quantitative estimate of drug-likeness (QED) is 0.279. The van der Waals surface area contributed by atoms with Crippen LogP contribution in [0.4, 0.5) is 11.4 Å². The van der Waals surface area contributed by atoms with Crippen molar-refractivity contribution in [3.8, 4) is 6.07 Å². The van der Waals surface area contributed by atoms with Gasteiger partial charge in [-0.1, -0.05) is 50.7 Å². The van der Waals surface area contributed by atoms with E-state index in [-0.39, 0.29) is 16.1 Å². The minimum absolute atomic E-state index is 0.102. The third kappa shape index (κ3) is 5.56. The first kappa shape index (κ1) is 26.1. The maximum absolute atomic E-state index is 13.0. The Morgan fingerprint density at radius 3 is 2.29 bits per heavy atom. The molecule has 2 unspecified atom stereocenters. The number of hydrogen-bond donors (Lipinski definition) is 2. The van der Waals surface area contributed by atoms with Crippen LogP contribution < -0.4 is 10.6 Å². The molecule has 1 aliphatic rings. The fraction of sp³-hybridized carbons (Fsp3) is 0.125. The number of rotatable bonds is 5. The van der Waals surface area contributed by atoms with Crippen molar-refractivity contribution >= 4 is 97.1 Å². The summed E-state index contributed by atoms with van der Waals surface area (Å²) in [5.41, 5.74) is 1.66. The molecule has 1 aliphatic carbocycles. The molecule has 0 spiro atoms. The van der Waals surface area contributed by atoms with Crippen LogP contribution in [0.15, 0.2) is 59.1 Å². The number of nitriles is 1. The highest BCUT2D eigenvalue weighted by molar-refractivity contribution is 9.10. The van der Waals surface area contributed by atoms with E-state index in [0.717, 1.165) is 0 Å². The average Bonchev–Trinajstić information content (AvgIpc) is 3.36. The molecule has 1 saturated carbocycles. The van der Waals surface area contributed by atoms with E-state index in [2.05, 4.69) is 26.6 Å². The molecule has 35 heavy (non-hydrogen) atoms. The second kappa shape index (κ2) is 10.2. The summed E-state index contributed by atoms with van der Waals surface area (Å²) in [4.78, 5) is 25.9. The summed E-state index contributed by atoms with van der Waals surface area (Å²) in [5.74, 6) is -2.28. The monoisotopic (exact) mass is 629 g/mol. The van der Waals surface area contributed by atoms with Crippen LogP contribution in [-0.2, 0) is 4.79 Å². The van der Waals surface area contributed by atoms with Gasteiger partial charge in [0.25, 0.3) is 5.91 Å². The standard InChI is InChI=1S/C24H13BrCl5N3O2/c25-13-2-1-11(10-31)19(7-13)33-22(34)17-9-16(3-4-18(17)28)32-23(35)21-20(24(21,29)30)12-5-14(26)8-15(27)6-12/h1-9,20-21H,(H,32,35)(H,33,34). The first-order valence-corrected chi connectivity index (χ1v) is 12.6. The van der Waals surface area contributed by atoms with Crippen LogP contribution in [0, 0.1) is 17.2 Å². The molecule has 2 atom stereocenters. The Balaban J connectivity index is 1.53. The fourth-order valence-corrected chi connectivity index (χ4v) is 5.66. The van der Waals surface area contributed by atoms with Crippen molar-refractivity contribution in [3.63, 3.8) is 0 Å². The summed E-state index contributed by atoms with van der Waals surface area (Å²) < 4.78 is -0.663. The number of nitrogens with one attached hydrogen (secondary N) is 2. The normalized spacial score (nSPS) is 17.9. The van der Waals surface area contributed by atoms with Crippen molar-refractivity contribution in [2.45, 2.75) is 10.3 Å². The number of halogens is 6. The molecule has 0 bridgehead atoms. The van der Waals surface area contributed by atoms with Gasteiger partial charge in [-0.15, -0.1) is 23.2 Å². The van der Waals surface area contributed by atoms with E-state index in [1.807, 2.05) is 6.07 Å². The van der Waals surface area contributed by atoms with Crippen molar-refractivity contribution in [1.29, 1.82) is 5.26 Å². The zero-order valence-corrected chi connectivity index (χ0v) is 22.7. The van der Waals surface area contributed by atoms with Crippen molar-refractivity contribution in [2.75, 3.05) is 10.6 Å². The predicted molar refractivity (Wildman–Crippen MR) is 144 cm³/mol. The molecule has 0 saturated heterocycles. The Kier molecular flexibility index (Phi) is 7.59. The molecular formula is C24H13BrCl5N3O2. The molecule has 3 aromatic rings. The molecule has 178 valence electrons. The Morgan fingerprint density at radius 2 is 1.63 bits per heavy atom. The number of carbonyl (C=O) groups is 2. The van der Waals surface area contributed by atoms with E-state index in [1.165, 1.54) is 12.1 Å². The molecular weight excluding hydrogens is 619 g/mol. The van der Waals surface area contributed by atoms with Crippen molar-refractivity contribution < 1.29 is 9.59 Å². The number of carbonyl (C=O) groups excluding carboxylic acids is 2. The summed E-state index contributed by atoms with van der Waals surface area (Å²) in [7, 11) is 0. The lowest BCUT2D eigenvalue weighted by Gasteiger charge is -2.11. The van der Waals surface area contributed by atoms with Gasteiger partial charge < -0.3 is 10.6 Å². The van der Waals surface area contributed by atoms with Gasteiger partial charge in [-0.3, -0.25) is 9.59 Å². The highest BCUT2D eigenvalue weighted by atomic mass is 79.9. The predicted octanol–water partition coefficient (Wildman–Crippen LogP) is 8.06. The first-order chi connectivity index (χ1) is 16.5. The molecule has 11 heteroatoms. The van der Waals surface area contributed by atoms with Crippen molar-refractivity contribution in [2.24, 2.45) is 5.92 Å². The topological polar surface area (TPSA) is 82.0 Å². The van der Waals surface area contributed by atoms with Crippen molar-refractivity contribution in [3.05, 3.63) is 90.8 Å². The molecule has 2 N–H and O–H groups in total.